The molecule has 0 fully saturated rings. The zero-order valence-corrected chi connectivity index (χ0v) is 19.1. The van der Waals surface area contributed by atoms with Crippen LogP contribution in [0.2, 0.25) is 0 Å². The van der Waals surface area contributed by atoms with E-state index in [9.17, 15) is 14.4 Å². The van der Waals surface area contributed by atoms with E-state index in [1.165, 1.54) is 16.3 Å². The molecule has 0 aliphatic carbocycles. The van der Waals surface area contributed by atoms with Gasteiger partial charge in [-0.1, -0.05) is 38.8 Å². The number of para-hydroxylation sites is 1. The Kier molecular flexibility index (Phi) is 7.73. The monoisotopic (exact) mass is 443 g/mol. The molecule has 0 spiro atoms. The molecule has 2 aromatic heterocycles. The Balaban J connectivity index is 2.03. The van der Waals surface area contributed by atoms with Crippen molar-refractivity contribution in [3.63, 3.8) is 0 Å². The number of aromatic nitrogens is 4. The van der Waals surface area contributed by atoms with Crippen LogP contribution in [-0.4, -0.2) is 30.8 Å². The normalized spacial score (nSPS) is 11.2. The second-order valence-corrected chi connectivity index (χ2v) is 8.24. The summed E-state index contributed by atoms with van der Waals surface area (Å²) in [7, 11) is 0. The molecule has 1 aromatic carbocycles. The Morgan fingerprint density at radius 3 is 2.48 bits per heavy atom. The summed E-state index contributed by atoms with van der Waals surface area (Å²) in [5.41, 5.74) is 0.452. The van der Waals surface area contributed by atoms with Crippen molar-refractivity contribution < 1.29 is 4.79 Å². The number of carbonyl (C=O) groups is 1. The highest BCUT2D eigenvalue weighted by Gasteiger charge is 2.19. The van der Waals surface area contributed by atoms with Gasteiger partial charge in [0.15, 0.2) is 11.2 Å². The number of amides is 1. The molecule has 1 N–H and O–H groups in total. The van der Waals surface area contributed by atoms with Crippen LogP contribution in [0.15, 0.2) is 45.1 Å². The quantitative estimate of drug-likeness (QED) is 0.486. The van der Waals surface area contributed by atoms with Crippen LogP contribution in [0.5, 0.6) is 0 Å². The van der Waals surface area contributed by atoms with Gasteiger partial charge in [-0.05, 0) is 31.2 Å². The van der Waals surface area contributed by atoms with Gasteiger partial charge in [-0.3, -0.25) is 14.2 Å². The summed E-state index contributed by atoms with van der Waals surface area (Å²) in [6, 6.07) is 7.43. The number of nitrogens with one attached hydrogen (secondary N) is 1. The van der Waals surface area contributed by atoms with Gasteiger partial charge >= 0.3 is 5.69 Å². The first kappa shape index (κ1) is 22.9. The maximum Gasteiger partial charge on any atom is 0.333 e. The molecule has 0 saturated heterocycles. The van der Waals surface area contributed by atoms with Crippen LogP contribution < -0.4 is 16.6 Å². The number of benzene rings is 1. The van der Waals surface area contributed by atoms with Gasteiger partial charge in [0, 0.05) is 18.0 Å². The minimum atomic E-state index is -0.500. The van der Waals surface area contributed by atoms with Crippen molar-refractivity contribution in [3.05, 3.63) is 51.4 Å². The van der Waals surface area contributed by atoms with E-state index in [1.54, 1.807) is 17.0 Å². The molecule has 31 heavy (non-hydrogen) atoms. The molecule has 3 aromatic rings. The number of unbranched alkanes of at least 4 members (excludes halogenated alkanes) is 2. The largest absolute Gasteiger partial charge is 0.333 e. The minimum Gasteiger partial charge on any atom is -0.325 e. The fourth-order valence-corrected chi connectivity index (χ4v) is 4.03. The smallest absolute Gasteiger partial charge is 0.325 e. The summed E-state index contributed by atoms with van der Waals surface area (Å²) in [4.78, 5) is 44.4. The van der Waals surface area contributed by atoms with Crippen molar-refractivity contribution in [2.45, 2.75) is 64.1 Å². The highest BCUT2D eigenvalue weighted by Crippen LogP contribution is 2.24. The average Bonchev–Trinajstić information content (AvgIpc) is 3.19. The molecule has 8 nitrogen and oxygen atoms in total. The van der Waals surface area contributed by atoms with Crippen LogP contribution in [0, 0.1) is 0 Å². The van der Waals surface area contributed by atoms with E-state index in [0.29, 0.717) is 29.9 Å². The van der Waals surface area contributed by atoms with Crippen molar-refractivity contribution in [2.24, 2.45) is 0 Å². The number of imidazole rings is 1. The molecule has 0 bridgehead atoms. The Labute approximate surface area is 185 Å². The van der Waals surface area contributed by atoms with Crippen LogP contribution in [-0.2, 0) is 24.4 Å². The van der Waals surface area contributed by atoms with Crippen molar-refractivity contribution in [3.8, 4) is 0 Å². The summed E-state index contributed by atoms with van der Waals surface area (Å²) in [5, 5.41) is 2.83. The molecule has 2 heterocycles. The Morgan fingerprint density at radius 1 is 1.06 bits per heavy atom. The van der Waals surface area contributed by atoms with Gasteiger partial charge in [0.25, 0.3) is 5.56 Å². The lowest BCUT2D eigenvalue weighted by atomic mass is 10.3. The molecule has 1 amide bonds. The van der Waals surface area contributed by atoms with Gasteiger partial charge in [-0.2, -0.15) is 0 Å². The molecular formula is C22H29N5O3S. The van der Waals surface area contributed by atoms with Crippen molar-refractivity contribution in [2.75, 3.05) is 11.6 Å². The number of thioether (sulfide) groups is 1. The summed E-state index contributed by atoms with van der Waals surface area (Å²) in [5.74, 6) is -0.415. The molecule has 0 unspecified atom stereocenters. The first-order chi connectivity index (χ1) is 15.0. The predicted molar refractivity (Wildman–Crippen MR) is 125 cm³/mol. The third-order valence-corrected chi connectivity index (χ3v) is 5.95. The van der Waals surface area contributed by atoms with E-state index in [2.05, 4.69) is 17.2 Å². The number of aryl methyl sites for hydroxylation is 2. The van der Waals surface area contributed by atoms with Crippen LogP contribution in [0.4, 0.5) is 5.69 Å². The van der Waals surface area contributed by atoms with Crippen molar-refractivity contribution in [1.29, 1.82) is 0 Å². The number of rotatable bonds is 10. The fourth-order valence-electron chi connectivity index (χ4n) is 3.48. The third-order valence-electron chi connectivity index (χ3n) is 5.15. The third kappa shape index (κ3) is 4.92. The molecular weight excluding hydrogens is 414 g/mol. The zero-order chi connectivity index (χ0) is 22.4. The summed E-state index contributed by atoms with van der Waals surface area (Å²) in [6.45, 7) is 4.86. The molecule has 3 rings (SSSR count). The van der Waals surface area contributed by atoms with Crippen LogP contribution in [0.3, 0.4) is 0 Å². The number of hydrogen-bond donors (Lipinski definition) is 1. The fraction of sp³-hybridized carbons (Fsp3) is 0.455. The first-order valence-electron chi connectivity index (χ1n) is 10.6. The molecule has 0 saturated carbocycles. The van der Waals surface area contributed by atoms with E-state index in [0.717, 1.165) is 35.1 Å². The van der Waals surface area contributed by atoms with E-state index >= 15 is 0 Å². The highest BCUT2D eigenvalue weighted by molar-refractivity contribution is 7.98. The van der Waals surface area contributed by atoms with Crippen LogP contribution >= 0.6 is 11.8 Å². The van der Waals surface area contributed by atoms with Gasteiger partial charge in [0.2, 0.25) is 5.91 Å². The highest BCUT2D eigenvalue weighted by atomic mass is 32.2. The standard InChI is InChI=1S/C22H29N5O3S/c1-4-6-12-25-15-23-20-19(25)21(29)27(22(30)26(20)13-7-5-2)14-18(28)24-16-10-8-9-11-17(16)31-3/h8-11,15H,4-7,12-14H2,1-3H3,(H,24,28). The molecule has 0 atom stereocenters. The molecule has 166 valence electrons. The Hall–Kier alpha value is -2.81. The zero-order valence-electron chi connectivity index (χ0n) is 18.3. The Morgan fingerprint density at radius 2 is 1.77 bits per heavy atom. The maximum atomic E-state index is 13.2. The molecule has 9 heteroatoms. The van der Waals surface area contributed by atoms with E-state index < -0.39 is 17.2 Å². The second kappa shape index (κ2) is 10.5. The van der Waals surface area contributed by atoms with Crippen molar-refractivity contribution in [1.82, 2.24) is 18.7 Å². The lowest BCUT2D eigenvalue weighted by Crippen LogP contribution is -2.43. The SMILES string of the molecule is CCCCn1cnc2c1c(=O)n(CC(=O)Nc1ccccc1SC)c(=O)n2CCCC. The minimum absolute atomic E-state index is 0.346. The lowest BCUT2D eigenvalue weighted by Gasteiger charge is -2.13. The van der Waals surface area contributed by atoms with E-state index in [-0.39, 0.29) is 6.54 Å². The van der Waals surface area contributed by atoms with Gasteiger partial charge in [-0.15, -0.1) is 11.8 Å². The number of nitrogens with zero attached hydrogens (tertiary/aromatic N) is 4. The number of anilines is 1. The van der Waals surface area contributed by atoms with Gasteiger partial charge in [0.1, 0.15) is 6.54 Å². The van der Waals surface area contributed by atoms with Gasteiger partial charge in [0.05, 0.1) is 12.0 Å². The number of fused-ring (bicyclic) bond motifs is 1. The second-order valence-electron chi connectivity index (χ2n) is 7.39. The predicted octanol–water partition coefficient (Wildman–Crippen LogP) is 3.32. The van der Waals surface area contributed by atoms with Crippen molar-refractivity contribution >= 4 is 34.5 Å². The Bertz CT molecular complexity index is 1180. The van der Waals surface area contributed by atoms with E-state index in [4.69, 9.17) is 0 Å². The summed E-state index contributed by atoms with van der Waals surface area (Å²) >= 11 is 1.51. The molecule has 0 radical (unpaired) electrons. The van der Waals surface area contributed by atoms with E-state index in [1.807, 2.05) is 31.4 Å². The number of carbonyl (C=O) groups excluding carboxylic acids is 1. The van der Waals surface area contributed by atoms with Crippen LogP contribution in [0.25, 0.3) is 11.2 Å². The topological polar surface area (TPSA) is 90.9 Å². The summed E-state index contributed by atoms with van der Waals surface area (Å²) in [6.07, 6.45) is 7.08. The molecule has 0 aliphatic rings. The number of hydrogen-bond acceptors (Lipinski definition) is 5. The first-order valence-corrected chi connectivity index (χ1v) is 11.9. The lowest BCUT2D eigenvalue weighted by molar-refractivity contribution is -0.116. The van der Waals surface area contributed by atoms with Gasteiger partial charge in [-0.25, -0.2) is 14.3 Å². The summed E-state index contributed by atoms with van der Waals surface area (Å²) < 4.78 is 4.34. The average molecular weight is 444 g/mol. The van der Waals surface area contributed by atoms with Crippen LogP contribution in [0.1, 0.15) is 39.5 Å². The maximum absolute atomic E-state index is 13.2. The molecule has 0 aliphatic heterocycles. The van der Waals surface area contributed by atoms with Gasteiger partial charge < -0.3 is 9.88 Å².